The van der Waals surface area contributed by atoms with Crippen molar-refractivity contribution in [2.45, 2.75) is 31.7 Å². The normalized spacial score (nSPS) is 23.6. The predicted octanol–water partition coefficient (Wildman–Crippen LogP) is 0.986. The number of nitrogens with two attached hydrogens (primary N) is 2. The van der Waals surface area contributed by atoms with Crippen LogP contribution in [0.5, 0.6) is 0 Å². The summed E-state index contributed by atoms with van der Waals surface area (Å²) in [5.74, 6) is 1.50. The average molecular weight is 248 g/mol. The summed E-state index contributed by atoms with van der Waals surface area (Å²) in [5.41, 5.74) is 12.1. The molecule has 0 aliphatic heterocycles. The lowest BCUT2D eigenvalue weighted by Gasteiger charge is -2.26. The number of hydrogen-bond acceptors (Lipinski definition) is 6. The van der Waals surface area contributed by atoms with E-state index in [1.165, 1.54) is 6.21 Å². The van der Waals surface area contributed by atoms with Crippen LogP contribution in [0.4, 0.5) is 11.8 Å². The summed E-state index contributed by atoms with van der Waals surface area (Å²) < 4.78 is 0. The molecule has 6 heteroatoms. The van der Waals surface area contributed by atoms with Crippen LogP contribution in [0.1, 0.15) is 31.2 Å². The topological polar surface area (TPSA) is 114 Å². The standard InChI is InChI=1S/C12H20N6/c13-5-9-7-17-12(15)18-11(9)16-6-8-1-3-10(14)4-2-8/h5,7-8,10,13H,1-4,6,14H2,(H3,15,16,17,18). The molecule has 0 radical (unpaired) electrons. The zero-order valence-corrected chi connectivity index (χ0v) is 10.4. The van der Waals surface area contributed by atoms with Gasteiger partial charge in [-0.2, -0.15) is 4.98 Å². The molecule has 0 saturated heterocycles. The van der Waals surface area contributed by atoms with Crippen molar-refractivity contribution in [3.63, 3.8) is 0 Å². The zero-order chi connectivity index (χ0) is 13.0. The van der Waals surface area contributed by atoms with Crippen LogP contribution in [-0.2, 0) is 0 Å². The lowest BCUT2D eigenvalue weighted by atomic mass is 9.86. The molecule has 98 valence electrons. The fourth-order valence-corrected chi connectivity index (χ4v) is 2.29. The molecule has 1 heterocycles. The molecule has 1 aliphatic carbocycles. The molecule has 0 aromatic carbocycles. The maximum absolute atomic E-state index is 7.30. The molecule has 0 atom stereocenters. The summed E-state index contributed by atoms with van der Waals surface area (Å²) >= 11 is 0. The first-order valence-electron chi connectivity index (χ1n) is 6.31. The molecule has 1 aliphatic rings. The Balaban J connectivity index is 1.93. The van der Waals surface area contributed by atoms with Crippen LogP contribution in [0.25, 0.3) is 0 Å². The first kappa shape index (κ1) is 12.8. The van der Waals surface area contributed by atoms with Crippen molar-refractivity contribution in [2.75, 3.05) is 17.6 Å². The number of aromatic nitrogens is 2. The van der Waals surface area contributed by atoms with E-state index in [1.807, 2.05) is 0 Å². The van der Waals surface area contributed by atoms with E-state index in [0.717, 1.165) is 32.2 Å². The Morgan fingerprint density at radius 1 is 1.39 bits per heavy atom. The highest BCUT2D eigenvalue weighted by molar-refractivity contribution is 5.83. The Bertz CT molecular complexity index is 411. The third-order valence-corrected chi connectivity index (χ3v) is 3.44. The second-order valence-electron chi connectivity index (χ2n) is 4.84. The number of nitrogens with zero attached hydrogens (tertiary/aromatic N) is 2. The number of anilines is 2. The van der Waals surface area contributed by atoms with Gasteiger partial charge in [0.1, 0.15) is 5.82 Å². The SMILES string of the molecule is N=Cc1cnc(N)nc1NCC1CCC(N)CC1. The van der Waals surface area contributed by atoms with E-state index < -0.39 is 0 Å². The van der Waals surface area contributed by atoms with Crippen LogP contribution < -0.4 is 16.8 Å². The molecule has 0 spiro atoms. The highest BCUT2D eigenvalue weighted by Crippen LogP contribution is 2.23. The van der Waals surface area contributed by atoms with Crippen molar-refractivity contribution in [1.29, 1.82) is 5.41 Å². The maximum atomic E-state index is 7.30. The molecule has 1 saturated carbocycles. The monoisotopic (exact) mass is 248 g/mol. The van der Waals surface area contributed by atoms with Gasteiger partial charge in [0.2, 0.25) is 5.95 Å². The number of rotatable bonds is 4. The minimum absolute atomic E-state index is 0.230. The van der Waals surface area contributed by atoms with Crippen LogP contribution in [0.3, 0.4) is 0 Å². The first-order chi connectivity index (χ1) is 8.69. The molecule has 2 rings (SSSR count). The summed E-state index contributed by atoms with van der Waals surface area (Å²) in [4.78, 5) is 8.00. The highest BCUT2D eigenvalue weighted by Gasteiger charge is 2.18. The summed E-state index contributed by atoms with van der Waals surface area (Å²) in [7, 11) is 0. The van der Waals surface area contributed by atoms with E-state index in [1.54, 1.807) is 6.20 Å². The largest absolute Gasteiger partial charge is 0.369 e. The Hall–Kier alpha value is -1.69. The van der Waals surface area contributed by atoms with Crippen LogP contribution in [0, 0.1) is 11.3 Å². The highest BCUT2D eigenvalue weighted by atomic mass is 15.1. The third-order valence-electron chi connectivity index (χ3n) is 3.44. The zero-order valence-electron chi connectivity index (χ0n) is 10.4. The van der Waals surface area contributed by atoms with Crippen LogP contribution in [-0.4, -0.2) is 28.8 Å². The van der Waals surface area contributed by atoms with Crippen molar-refractivity contribution in [2.24, 2.45) is 11.7 Å². The van der Waals surface area contributed by atoms with Crippen molar-refractivity contribution in [3.8, 4) is 0 Å². The average Bonchev–Trinajstić information content (AvgIpc) is 2.38. The lowest BCUT2D eigenvalue weighted by molar-refractivity contribution is 0.338. The van der Waals surface area contributed by atoms with Gasteiger partial charge < -0.3 is 22.2 Å². The van der Waals surface area contributed by atoms with E-state index in [4.69, 9.17) is 16.9 Å². The van der Waals surface area contributed by atoms with Crippen molar-refractivity contribution in [1.82, 2.24) is 9.97 Å². The molecule has 0 amide bonds. The molecule has 1 aromatic heterocycles. The first-order valence-corrected chi connectivity index (χ1v) is 6.31. The summed E-state index contributed by atoms with van der Waals surface area (Å²) in [6.45, 7) is 0.851. The number of hydrogen-bond donors (Lipinski definition) is 4. The predicted molar refractivity (Wildman–Crippen MR) is 72.8 cm³/mol. The lowest BCUT2D eigenvalue weighted by Crippen LogP contribution is -2.29. The Labute approximate surface area is 107 Å². The van der Waals surface area contributed by atoms with Gasteiger partial charge in [-0.1, -0.05) is 0 Å². The minimum atomic E-state index is 0.230. The van der Waals surface area contributed by atoms with E-state index in [2.05, 4.69) is 15.3 Å². The van der Waals surface area contributed by atoms with Crippen molar-refractivity contribution in [3.05, 3.63) is 11.8 Å². The second-order valence-corrected chi connectivity index (χ2v) is 4.84. The number of nitrogen functional groups attached to an aromatic ring is 1. The van der Waals surface area contributed by atoms with Crippen molar-refractivity contribution < 1.29 is 0 Å². The molecule has 18 heavy (non-hydrogen) atoms. The quantitative estimate of drug-likeness (QED) is 0.593. The van der Waals surface area contributed by atoms with Gasteiger partial charge >= 0.3 is 0 Å². The smallest absolute Gasteiger partial charge is 0.221 e. The van der Waals surface area contributed by atoms with Gasteiger partial charge in [0.25, 0.3) is 0 Å². The summed E-state index contributed by atoms with van der Waals surface area (Å²) in [6.07, 6.45) is 7.28. The summed E-state index contributed by atoms with van der Waals surface area (Å²) in [6, 6.07) is 0.369. The molecular formula is C12H20N6. The van der Waals surface area contributed by atoms with Gasteiger partial charge in [-0.25, -0.2) is 4.98 Å². The molecule has 6 N–H and O–H groups in total. The Morgan fingerprint density at radius 3 is 2.78 bits per heavy atom. The fourth-order valence-electron chi connectivity index (χ4n) is 2.29. The van der Waals surface area contributed by atoms with Crippen LogP contribution in [0.15, 0.2) is 6.20 Å². The molecule has 1 aromatic rings. The van der Waals surface area contributed by atoms with E-state index in [9.17, 15) is 0 Å². The molecule has 1 fully saturated rings. The fraction of sp³-hybridized carbons (Fsp3) is 0.583. The van der Waals surface area contributed by atoms with E-state index >= 15 is 0 Å². The van der Waals surface area contributed by atoms with Crippen LogP contribution >= 0.6 is 0 Å². The number of nitrogens with one attached hydrogen (secondary N) is 2. The third kappa shape index (κ3) is 3.16. The second kappa shape index (κ2) is 5.77. The van der Waals surface area contributed by atoms with Crippen molar-refractivity contribution >= 4 is 18.0 Å². The molecule has 0 bridgehead atoms. The van der Waals surface area contributed by atoms with E-state index in [-0.39, 0.29) is 5.95 Å². The molecule has 0 unspecified atom stereocenters. The Morgan fingerprint density at radius 2 is 2.11 bits per heavy atom. The van der Waals surface area contributed by atoms with Gasteiger partial charge in [-0.05, 0) is 31.6 Å². The van der Waals surface area contributed by atoms with Gasteiger partial charge in [-0.15, -0.1) is 0 Å². The van der Waals surface area contributed by atoms with Gasteiger partial charge in [0, 0.05) is 25.0 Å². The van der Waals surface area contributed by atoms with E-state index in [0.29, 0.717) is 23.3 Å². The minimum Gasteiger partial charge on any atom is -0.369 e. The van der Waals surface area contributed by atoms with Gasteiger partial charge in [0.05, 0.1) is 5.56 Å². The molecular weight excluding hydrogens is 228 g/mol. The maximum Gasteiger partial charge on any atom is 0.221 e. The molecule has 6 nitrogen and oxygen atoms in total. The van der Waals surface area contributed by atoms with Gasteiger partial charge in [-0.3, -0.25) is 0 Å². The summed E-state index contributed by atoms with van der Waals surface area (Å²) in [5, 5.41) is 10.6. The Kier molecular flexibility index (Phi) is 4.09. The van der Waals surface area contributed by atoms with Crippen LogP contribution in [0.2, 0.25) is 0 Å². The van der Waals surface area contributed by atoms with Gasteiger partial charge in [0.15, 0.2) is 0 Å².